The molecule has 0 aromatic rings. The predicted molar refractivity (Wildman–Crippen MR) is 71.1 cm³/mol. The number of carbonyl (C=O) groups is 1. The number of carbonyl (C=O) groups excluding carboxylic acids is 1. The average molecular weight is 251 g/mol. The number of hydrogen-bond donors (Lipinski definition) is 1. The first-order chi connectivity index (χ1) is 8.66. The molecule has 0 radical (unpaired) electrons. The molecule has 2 N–H and O–H groups in total. The summed E-state index contributed by atoms with van der Waals surface area (Å²) in [5.41, 5.74) is 6.09. The van der Waals surface area contributed by atoms with Crippen LogP contribution in [0.1, 0.15) is 39.0 Å². The Kier molecular flexibility index (Phi) is 3.32. The summed E-state index contributed by atoms with van der Waals surface area (Å²) >= 11 is 0. The molecule has 1 amide bonds. The van der Waals surface area contributed by atoms with Crippen molar-refractivity contribution in [3.05, 3.63) is 0 Å². The lowest BCUT2D eigenvalue weighted by atomic mass is 9.91. The number of likely N-dealkylation sites (tertiary alicyclic amines) is 1. The molecular weight excluding hydrogens is 226 g/mol. The van der Waals surface area contributed by atoms with Gasteiger partial charge in [-0.15, -0.1) is 0 Å². The first-order valence-electron chi connectivity index (χ1n) is 7.46. The molecule has 0 aromatic carbocycles. The van der Waals surface area contributed by atoms with Gasteiger partial charge in [-0.25, -0.2) is 0 Å². The van der Waals surface area contributed by atoms with Crippen molar-refractivity contribution in [2.75, 3.05) is 19.6 Å². The molecule has 102 valence electrons. The number of piperidine rings is 2. The zero-order valence-corrected chi connectivity index (χ0v) is 11.3. The highest BCUT2D eigenvalue weighted by Gasteiger charge is 2.44. The van der Waals surface area contributed by atoms with Gasteiger partial charge in [-0.1, -0.05) is 6.92 Å². The van der Waals surface area contributed by atoms with Gasteiger partial charge in [0, 0.05) is 44.2 Å². The van der Waals surface area contributed by atoms with Gasteiger partial charge in [-0.3, -0.25) is 9.69 Å². The third kappa shape index (κ3) is 2.05. The molecule has 0 aromatic heterocycles. The van der Waals surface area contributed by atoms with E-state index in [1.165, 1.54) is 19.3 Å². The van der Waals surface area contributed by atoms with Crippen molar-refractivity contribution in [3.63, 3.8) is 0 Å². The van der Waals surface area contributed by atoms with Crippen LogP contribution in [0.4, 0.5) is 0 Å². The fraction of sp³-hybridized carbons (Fsp3) is 0.929. The second-order valence-corrected chi connectivity index (χ2v) is 6.35. The van der Waals surface area contributed by atoms with Crippen molar-refractivity contribution in [2.24, 2.45) is 11.7 Å². The van der Waals surface area contributed by atoms with Gasteiger partial charge < -0.3 is 10.6 Å². The number of nitrogens with two attached hydrogens (primary N) is 1. The summed E-state index contributed by atoms with van der Waals surface area (Å²) in [5.74, 6) is 0.943. The minimum Gasteiger partial charge on any atom is -0.338 e. The maximum Gasteiger partial charge on any atom is 0.224 e. The van der Waals surface area contributed by atoms with E-state index in [-0.39, 0.29) is 0 Å². The van der Waals surface area contributed by atoms with Crippen LogP contribution in [0, 0.1) is 5.92 Å². The lowest BCUT2D eigenvalue weighted by Gasteiger charge is -2.42. The monoisotopic (exact) mass is 251 g/mol. The zero-order chi connectivity index (χ0) is 12.7. The topological polar surface area (TPSA) is 49.6 Å². The Morgan fingerprint density at radius 2 is 2.00 bits per heavy atom. The molecule has 4 unspecified atom stereocenters. The van der Waals surface area contributed by atoms with Crippen LogP contribution < -0.4 is 5.73 Å². The number of fused-ring (bicyclic) bond motifs is 1. The normalized spacial score (nSPS) is 42.1. The van der Waals surface area contributed by atoms with Gasteiger partial charge >= 0.3 is 0 Å². The van der Waals surface area contributed by atoms with Crippen molar-refractivity contribution in [2.45, 2.75) is 57.2 Å². The van der Waals surface area contributed by atoms with Crippen LogP contribution in [0.15, 0.2) is 0 Å². The van der Waals surface area contributed by atoms with Crippen LogP contribution in [0.3, 0.4) is 0 Å². The highest BCUT2D eigenvalue weighted by atomic mass is 16.2. The third-order valence-corrected chi connectivity index (χ3v) is 5.17. The van der Waals surface area contributed by atoms with E-state index in [2.05, 4.69) is 16.7 Å². The van der Waals surface area contributed by atoms with Crippen molar-refractivity contribution < 1.29 is 4.79 Å². The molecule has 4 heteroatoms. The van der Waals surface area contributed by atoms with E-state index in [1.54, 1.807) is 0 Å². The molecule has 3 heterocycles. The van der Waals surface area contributed by atoms with E-state index in [9.17, 15) is 4.79 Å². The lowest BCUT2D eigenvalue weighted by molar-refractivity contribution is -0.129. The number of nitrogens with zero attached hydrogens (tertiary/aromatic N) is 2. The summed E-state index contributed by atoms with van der Waals surface area (Å²) < 4.78 is 0. The fourth-order valence-electron chi connectivity index (χ4n) is 3.97. The van der Waals surface area contributed by atoms with Crippen molar-refractivity contribution >= 4 is 5.91 Å². The highest BCUT2D eigenvalue weighted by molar-refractivity contribution is 5.80. The molecule has 18 heavy (non-hydrogen) atoms. The minimum absolute atomic E-state index is 0.348. The Hall–Kier alpha value is -0.610. The Morgan fingerprint density at radius 1 is 1.17 bits per heavy atom. The summed E-state index contributed by atoms with van der Waals surface area (Å²) in [6, 6.07) is 1.31. The number of hydrogen-bond acceptors (Lipinski definition) is 3. The smallest absolute Gasteiger partial charge is 0.224 e. The molecule has 3 rings (SSSR count). The lowest BCUT2D eigenvalue weighted by Crippen LogP contribution is -2.54. The van der Waals surface area contributed by atoms with E-state index in [0.29, 0.717) is 30.0 Å². The van der Waals surface area contributed by atoms with Gasteiger partial charge in [-0.05, 0) is 31.6 Å². The minimum atomic E-state index is 0.348. The SMILES string of the molecule is CC1CN(C2CC(=O)N3CCCCC23)CCC1N. The molecule has 4 nitrogen and oxygen atoms in total. The molecule has 3 saturated heterocycles. The van der Waals surface area contributed by atoms with Crippen LogP contribution in [0.25, 0.3) is 0 Å². The average Bonchev–Trinajstić information content (AvgIpc) is 2.71. The summed E-state index contributed by atoms with van der Waals surface area (Å²) in [6.45, 7) is 5.38. The Morgan fingerprint density at radius 3 is 2.78 bits per heavy atom. The Balaban J connectivity index is 1.70. The largest absolute Gasteiger partial charge is 0.338 e. The Labute approximate surface area is 109 Å². The first-order valence-corrected chi connectivity index (χ1v) is 7.46. The second-order valence-electron chi connectivity index (χ2n) is 6.35. The van der Waals surface area contributed by atoms with E-state index in [0.717, 1.165) is 32.5 Å². The zero-order valence-electron chi connectivity index (χ0n) is 11.3. The molecule has 4 atom stereocenters. The van der Waals surface area contributed by atoms with Crippen LogP contribution in [0.5, 0.6) is 0 Å². The molecule has 3 aliphatic heterocycles. The van der Waals surface area contributed by atoms with E-state index in [4.69, 9.17) is 5.73 Å². The fourth-order valence-corrected chi connectivity index (χ4v) is 3.97. The van der Waals surface area contributed by atoms with Crippen LogP contribution >= 0.6 is 0 Å². The molecule has 0 saturated carbocycles. The second kappa shape index (κ2) is 4.82. The van der Waals surface area contributed by atoms with Gasteiger partial charge in [0.1, 0.15) is 0 Å². The predicted octanol–water partition coefficient (Wildman–Crippen LogP) is 0.809. The van der Waals surface area contributed by atoms with Gasteiger partial charge in [0.05, 0.1) is 0 Å². The maximum atomic E-state index is 12.1. The molecule has 0 spiro atoms. The van der Waals surface area contributed by atoms with Crippen LogP contribution in [-0.2, 0) is 4.79 Å². The molecular formula is C14H25N3O. The summed E-state index contributed by atoms with van der Waals surface area (Å²) in [5, 5.41) is 0. The maximum absolute atomic E-state index is 12.1. The van der Waals surface area contributed by atoms with E-state index < -0.39 is 0 Å². The van der Waals surface area contributed by atoms with Gasteiger partial charge in [0.15, 0.2) is 0 Å². The molecule has 3 fully saturated rings. The molecule has 3 aliphatic rings. The van der Waals surface area contributed by atoms with Crippen molar-refractivity contribution in [3.8, 4) is 0 Å². The van der Waals surface area contributed by atoms with Gasteiger partial charge in [0.25, 0.3) is 0 Å². The third-order valence-electron chi connectivity index (χ3n) is 5.17. The molecule has 0 aliphatic carbocycles. The quantitative estimate of drug-likeness (QED) is 0.750. The number of rotatable bonds is 1. The van der Waals surface area contributed by atoms with Crippen molar-refractivity contribution in [1.29, 1.82) is 0 Å². The summed E-state index contributed by atoms with van der Waals surface area (Å²) in [4.78, 5) is 16.8. The van der Waals surface area contributed by atoms with E-state index >= 15 is 0 Å². The highest BCUT2D eigenvalue weighted by Crippen LogP contribution is 2.33. The number of amides is 1. The van der Waals surface area contributed by atoms with Gasteiger partial charge in [-0.2, -0.15) is 0 Å². The molecule has 0 bridgehead atoms. The van der Waals surface area contributed by atoms with Gasteiger partial charge in [0.2, 0.25) is 5.91 Å². The Bertz CT molecular complexity index is 333. The van der Waals surface area contributed by atoms with Crippen LogP contribution in [-0.4, -0.2) is 53.5 Å². The summed E-state index contributed by atoms with van der Waals surface area (Å²) in [7, 11) is 0. The first kappa shape index (κ1) is 12.4. The summed E-state index contributed by atoms with van der Waals surface area (Å²) in [6.07, 6.45) is 5.50. The van der Waals surface area contributed by atoms with E-state index in [1.807, 2.05) is 0 Å². The van der Waals surface area contributed by atoms with Crippen molar-refractivity contribution in [1.82, 2.24) is 9.80 Å². The van der Waals surface area contributed by atoms with Crippen LogP contribution in [0.2, 0.25) is 0 Å². The standard InChI is InChI=1S/C14H25N3O/c1-10-9-16(7-5-11(10)15)13-8-14(18)17-6-3-2-4-12(13)17/h10-13H,2-9,15H2,1H3.